The van der Waals surface area contributed by atoms with Crippen LogP contribution in [0.25, 0.3) is 0 Å². The molecule has 2 N–H and O–H groups in total. The summed E-state index contributed by atoms with van der Waals surface area (Å²) in [6.07, 6.45) is 2.91. The molecule has 19 heavy (non-hydrogen) atoms. The number of benzene rings is 1. The van der Waals surface area contributed by atoms with Gasteiger partial charge in [-0.1, -0.05) is 6.07 Å². The lowest BCUT2D eigenvalue weighted by atomic mass is 9.91. The number of ether oxygens (including phenoxy) is 3. The summed E-state index contributed by atoms with van der Waals surface area (Å²) in [5.41, 5.74) is 6.44. The van der Waals surface area contributed by atoms with Gasteiger partial charge in [0, 0.05) is 31.6 Å². The van der Waals surface area contributed by atoms with Crippen LogP contribution in [0.5, 0.6) is 5.75 Å². The van der Waals surface area contributed by atoms with Gasteiger partial charge < -0.3 is 19.9 Å². The van der Waals surface area contributed by atoms with Crippen LogP contribution in [0.3, 0.4) is 0 Å². The standard InChI is InChI=1S/C14H18BrNO3/c15-13-11(16)2-1-3-12(13)19-10-4-6-18-14(8-10)5-7-17-9-14/h1-3,10H,4-9,16H2. The van der Waals surface area contributed by atoms with Crippen molar-refractivity contribution in [1.29, 1.82) is 0 Å². The summed E-state index contributed by atoms with van der Waals surface area (Å²) < 4.78 is 18.3. The highest BCUT2D eigenvalue weighted by Crippen LogP contribution is 2.37. The first-order chi connectivity index (χ1) is 9.19. The second-order valence-electron chi connectivity index (χ2n) is 5.23. The molecule has 104 valence electrons. The monoisotopic (exact) mass is 327 g/mol. The Morgan fingerprint density at radius 1 is 1.37 bits per heavy atom. The molecule has 0 radical (unpaired) electrons. The molecule has 2 unspecified atom stereocenters. The molecule has 2 atom stereocenters. The zero-order valence-electron chi connectivity index (χ0n) is 10.7. The second kappa shape index (κ2) is 5.31. The van der Waals surface area contributed by atoms with Crippen molar-refractivity contribution in [3.05, 3.63) is 22.7 Å². The molecule has 0 aliphatic carbocycles. The quantitative estimate of drug-likeness (QED) is 0.848. The van der Waals surface area contributed by atoms with E-state index in [1.54, 1.807) is 0 Å². The van der Waals surface area contributed by atoms with Crippen molar-refractivity contribution in [3.8, 4) is 5.75 Å². The largest absolute Gasteiger partial charge is 0.489 e. The molecule has 1 aromatic carbocycles. The average molecular weight is 328 g/mol. The van der Waals surface area contributed by atoms with Gasteiger partial charge in [0.25, 0.3) is 0 Å². The molecular weight excluding hydrogens is 310 g/mol. The minimum Gasteiger partial charge on any atom is -0.489 e. The maximum Gasteiger partial charge on any atom is 0.135 e. The van der Waals surface area contributed by atoms with E-state index in [4.69, 9.17) is 19.9 Å². The summed E-state index contributed by atoms with van der Waals surface area (Å²) in [6.45, 7) is 2.20. The van der Waals surface area contributed by atoms with E-state index in [1.165, 1.54) is 0 Å². The SMILES string of the molecule is Nc1cccc(OC2CCOC3(CCOC3)C2)c1Br. The lowest BCUT2D eigenvalue weighted by molar-refractivity contribution is -0.112. The molecule has 0 bridgehead atoms. The molecule has 0 saturated carbocycles. The molecule has 3 rings (SSSR count). The maximum atomic E-state index is 6.09. The van der Waals surface area contributed by atoms with Gasteiger partial charge in [-0.3, -0.25) is 0 Å². The van der Waals surface area contributed by atoms with E-state index in [0.29, 0.717) is 12.3 Å². The first-order valence-electron chi connectivity index (χ1n) is 6.61. The van der Waals surface area contributed by atoms with Crippen molar-refractivity contribution >= 4 is 21.6 Å². The normalized spacial score (nSPS) is 30.7. The molecule has 1 aromatic rings. The van der Waals surface area contributed by atoms with E-state index in [-0.39, 0.29) is 11.7 Å². The molecule has 2 aliphatic rings. The van der Waals surface area contributed by atoms with Crippen LogP contribution in [0.2, 0.25) is 0 Å². The molecule has 4 nitrogen and oxygen atoms in total. The van der Waals surface area contributed by atoms with Gasteiger partial charge in [-0.05, 0) is 28.1 Å². The third-order valence-electron chi connectivity index (χ3n) is 3.80. The van der Waals surface area contributed by atoms with Gasteiger partial charge in [-0.25, -0.2) is 0 Å². The van der Waals surface area contributed by atoms with Crippen molar-refractivity contribution < 1.29 is 14.2 Å². The van der Waals surface area contributed by atoms with E-state index >= 15 is 0 Å². The summed E-state index contributed by atoms with van der Waals surface area (Å²) in [5, 5.41) is 0. The predicted molar refractivity (Wildman–Crippen MR) is 76.3 cm³/mol. The summed E-state index contributed by atoms with van der Waals surface area (Å²) in [7, 11) is 0. The summed E-state index contributed by atoms with van der Waals surface area (Å²) in [4.78, 5) is 0. The third-order valence-corrected chi connectivity index (χ3v) is 4.65. The Morgan fingerprint density at radius 2 is 2.26 bits per heavy atom. The van der Waals surface area contributed by atoms with Crippen molar-refractivity contribution in [1.82, 2.24) is 0 Å². The van der Waals surface area contributed by atoms with Crippen LogP contribution in [-0.2, 0) is 9.47 Å². The third kappa shape index (κ3) is 2.73. The van der Waals surface area contributed by atoms with Crippen LogP contribution in [-0.4, -0.2) is 31.5 Å². The molecule has 2 aliphatic heterocycles. The van der Waals surface area contributed by atoms with Crippen molar-refractivity contribution in [2.75, 3.05) is 25.6 Å². The average Bonchev–Trinajstić information content (AvgIpc) is 2.83. The number of nitrogen functional groups attached to an aromatic ring is 1. The number of halogens is 1. The molecule has 2 fully saturated rings. The highest BCUT2D eigenvalue weighted by Gasteiger charge is 2.41. The van der Waals surface area contributed by atoms with Crippen LogP contribution in [0.15, 0.2) is 22.7 Å². The Kier molecular flexibility index (Phi) is 3.69. The van der Waals surface area contributed by atoms with Crippen LogP contribution in [0, 0.1) is 0 Å². The number of hydrogen-bond acceptors (Lipinski definition) is 4. The number of anilines is 1. The number of nitrogens with two attached hydrogens (primary N) is 1. The van der Waals surface area contributed by atoms with Gasteiger partial charge in [-0.2, -0.15) is 0 Å². The Bertz CT molecular complexity index is 460. The molecule has 0 amide bonds. The van der Waals surface area contributed by atoms with Crippen LogP contribution < -0.4 is 10.5 Å². The van der Waals surface area contributed by atoms with E-state index in [2.05, 4.69) is 15.9 Å². The lowest BCUT2D eigenvalue weighted by Gasteiger charge is -2.37. The predicted octanol–water partition coefficient (Wildman–Crippen LogP) is 2.75. The van der Waals surface area contributed by atoms with E-state index in [1.807, 2.05) is 18.2 Å². The van der Waals surface area contributed by atoms with Gasteiger partial charge in [-0.15, -0.1) is 0 Å². The smallest absolute Gasteiger partial charge is 0.135 e. The number of hydrogen-bond donors (Lipinski definition) is 1. The van der Waals surface area contributed by atoms with Gasteiger partial charge in [0.15, 0.2) is 0 Å². The Labute approximate surface area is 121 Å². The van der Waals surface area contributed by atoms with Crippen LogP contribution in [0.1, 0.15) is 19.3 Å². The fraction of sp³-hybridized carbons (Fsp3) is 0.571. The minimum atomic E-state index is -0.129. The molecule has 2 heterocycles. The fourth-order valence-electron chi connectivity index (χ4n) is 2.75. The molecule has 0 aromatic heterocycles. The van der Waals surface area contributed by atoms with Gasteiger partial charge in [0.1, 0.15) is 11.9 Å². The van der Waals surface area contributed by atoms with Gasteiger partial charge in [0.05, 0.1) is 23.3 Å². The zero-order valence-corrected chi connectivity index (χ0v) is 12.3. The van der Waals surface area contributed by atoms with Gasteiger partial charge >= 0.3 is 0 Å². The molecule has 5 heteroatoms. The van der Waals surface area contributed by atoms with E-state index < -0.39 is 0 Å². The fourth-order valence-corrected chi connectivity index (χ4v) is 3.10. The lowest BCUT2D eigenvalue weighted by Crippen LogP contribution is -2.44. The Balaban J connectivity index is 1.71. The molecule has 1 spiro atoms. The Morgan fingerprint density at radius 3 is 3.05 bits per heavy atom. The first kappa shape index (κ1) is 13.2. The van der Waals surface area contributed by atoms with Crippen molar-refractivity contribution in [2.24, 2.45) is 0 Å². The zero-order chi connectivity index (χ0) is 13.3. The maximum absolute atomic E-state index is 6.09. The van der Waals surface area contributed by atoms with E-state index in [9.17, 15) is 0 Å². The summed E-state index contributed by atoms with van der Waals surface area (Å²) >= 11 is 3.48. The summed E-state index contributed by atoms with van der Waals surface area (Å²) in [5.74, 6) is 0.806. The number of rotatable bonds is 2. The molecular formula is C14H18BrNO3. The Hall–Kier alpha value is -0.780. The second-order valence-corrected chi connectivity index (χ2v) is 6.02. The van der Waals surface area contributed by atoms with Crippen molar-refractivity contribution in [2.45, 2.75) is 31.0 Å². The van der Waals surface area contributed by atoms with Crippen LogP contribution >= 0.6 is 15.9 Å². The van der Waals surface area contributed by atoms with Crippen LogP contribution in [0.4, 0.5) is 5.69 Å². The highest BCUT2D eigenvalue weighted by molar-refractivity contribution is 9.10. The van der Waals surface area contributed by atoms with E-state index in [0.717, 1.165) is 42.7 Å². The molecule has 2 saturated heterocycles. The van der Waals surface area contributed by atoms with Gasteiger partial charge in [0.2, 0.25) is 0 Å². The minimum absolute atomic E-state index is 0.129. The summed E-state index contributed by atoms with van der Waals surface area (Å²) in [6, 6.07) is 5.70. The topological polar surface area (TPSA) is 53.7 Å². The first-order valence-corrected chi connectivity index (χ1v) is 7.40. The van der Waals surface area contributed by atoms with Crippen molar-refractivity contribution in [3.63, 3.8) is 0 Å². The highest BCUT2D eigenvalue weighted by atomic mass is 79.9.